The van der Waals surface area contributed by atoms with Gasteiger partial charge in [0.1, 0.15) is 0 Å². The fourth-order valence-corrected chi connectivity index (χ4v) is 1.31. The molecule has 0 aromatic carbocycles. The van der Waals surface area contributed by atoms with E-state index < -0.39 is 11.4 Å². The average Bonchev–Trinajstić information content (AvgIpc) is 2.21. The molecule has 0 saturated heterocycles. The molecule has 0 fully saturated rings. The smallest absolute Gasteiger partial charge is 0.309 e. The molecule has 0 bridgehead atoms. The Morgan fingerprint density at radius 2 is 1.89 bits per heavy atom. The van der Waals surface area contributed by atoms with E-state index in [1.54, 1.807) is 13.8 Å². The number of nitrogens with one attached hydrogen (secondary N) is 1. The van der Waals surface area contributed by atoms with Crippen LogP contribution in [0.25, 0.3) is 0 Å². The van der Waals surface area contributed by atoms with Gasteiger partial charge in [-0.25, -0.2) is 0 Å². The lowest BCUT2D eigenvalue weighted by molar-refractivity contribution is -0.149. The maximum Gasteiger partial charge on any atom is 0.309 e. The molecule has 2 N–H and O–H groups in total. The number of amides is 1. The molecule has 0 aliphatic carbocycles. The van der Waals surface area contributed by atoms with Crippen LogP contribution in [-0.4, -0.2) is 36.2 Å². The topological polar surface area (TPSA) is 75.6 Å². The molecule has 0 atom stereocenters. The van der Waals surface area contributed by atoms with Gasteiger partial charge in [-0.05, 0) is 40.5 Å². The monoisotopic (exact) mass is 259 g/mol. The van der Waals surface area contributed by atoms with Gasteiger partial charge in [0, 0.05) is 19.6 Å². The number of carbonyl (C=O) groups is 2. The molecule has 0 rings (SSSR count). The number of rotatable bonds is 9. The van der Waals surface area contributed by atoms with Crippen LogP contribution in [0.15, 0.2) is 0 Å². The zero-order chi connectivity index (χ0) is 14.2. The zero-order valence-electron chi connectivity index (χ0n) is 11.8. The van der Waals surface area contributed by atoms with Crippen LogP contribution in [0.3, 0.4) is 0 Å². The Kier molecular flexibility index (Phi) is 7.59. The number of carboxylic acid groups (broad SMARTS) is 1. The first-order valence-corrected chi connectivity index (χ1v) is 6.37. The second-order valence-corrected chi connectivity index (χ2v) is 5.34. The third-order valence-corrected chi connectivity index (χ3v) is 2.53. The molecule has 106 valence electrons. The predicted octanol–water partition coefficient (Wildman–Crippen LogP) is 1.81. The van der Waals surface area contributed by atoms with Crippen molar-refractivity contribution in [2.75, 3.05) is 13.2 Å². The van der Waals surface area contributed by atoms with E-state index in [-0.39, 0.29) is 18.4 Å². The molecule has 0 saturated carbocycles. The highest BCUT2D eigenvalue weighted by Crippen LogP contribution is 2.19. The molecular formula is C13H25NO4. The highest BCUT2D eigenvalue weighted by molar-refractivity contribution is 5.84. The summed E-state index contributed by atoms with van der Waals surface area (Å²) in [5.41, 5.74) is -1.01. The molecular weight excluding hydrogens is 234 g/mol. The highest BCUT2D eigenvalue weighted by atomic mass is 16.5. The third kappa shape index (κ3) is 8.06. The number of ether oxygens (including phenoxy) is 1. The number of hydrogen-bond acceptors (Lipinski definition) is 3. The molecule has 5 heteroatoms. The van der Waals surface area contributed by atoms with Gasteiger partial charge in [-0.1, -0.05) is 0 Å². The average molecular weight is 259 g/mol. The van der Waals surface area contributed by atoms with Gasteiger partial charge in [-0.15, -0.1) is 0 Å². The summed E-state index contributed by atoms with van der Waals surface area (Å²) in [6.45, 7) is 8.31. The van der Waals surface area contributed by atoms with Crippen molar-refractivity contribution in [2.45, 2.75) is 53.1 Å². The van der Waals surface area contributed by atoms with E-state index >= 15 is 0 Å². The largest absolute Gasteiger partial charge is 0.481 e. The summed E-state index contributed by atoms with van der Waals surface area (Å²) >= 11 is 0. The third-order valence-electron chi connectivity index (χ3n) is 2.53. The van der Waals surface area contributed by atoms with Crippen LogP contribution < -0.4 is 5.32 Å². The molecule has 0 aromatic heterocycles. The highest BCUT2D eigenvalue weighted by Gasteiger charge is 2.29. The minimum absolute atomic E-state index is 0.00479. The summed E-state index contributed by atoms with van der Waals surface area (Å²) in [6.07, 6.45) is 1.97. The van der Waals surface area contributed by atoms with E-state index in [4.69, 9.17) is 9.84 Å². The quantitative estimate of drug-likeness (QED) is 0.619. The van der Waals surface area contributed by atoms with Crippen LogP contribution >= 0.6 is 0 Å². The number of unbranched alkanes of at least 4 members (excludes halogenated alkanes) is 1. The van der Waals surface area contributed by atoms with Crippen LogP contribution in [0.4, 0.5) is 0 Å². The number of hydrogen-bond donors (Lipinski definition) is 2. The number of carboxylic acids is 1. The van der Waals surface area contributed by atoms with Crippen molar-refractivity contribution >= 4 is 11.9 Å². The van der Waals surface area contributed by atoms with Crippen LogP contribution in [0.5, 0.6) is 0 Å². The molecule has 0 heterocycles. The first-order chi connectivity index (χ1) is 8.25. The second kappa shape index (κ2) is 8.08. The fraction of sp³-hybridized carbons (Fsp3) is 0.846. The maximum atomic E-state index is 11.5. The van der Waals surface area contributed by atoms with Crippen molar-refractivity contribution < 1.29 is 19.4 Å². The van der Waals surface area contributed by atoms with Crippen LogP contribution in [0, 0.1) is 5.41 Å². The van der Waals surface area contributed by atoms with Crippen LogP contribution in [0.1, 0.15) is 47.0 Å². The van der Waals surface area contributed by atoms with Crippen molar-refractivity contribution in [3.05, 3.63) is 0 Å². The Labute approximate surface area is 109 Å². The maximum absolute atomic E-state index is 11.5. The van der Waals surface area contributed by atoms with Gasteiger partial charge in [0.15, 0.2) is 0 Å². The van der Waals surface area contributed by atoms with E-state index in [1.807, 2.05) is 13.8 Å². The SMILES string of the molecule is CC(C)OCCCCNC(=O)CC(C)(C)C(=O)O. The molecule has 0 spiro atoms. The van der Waals surface area contributed by atoms with Crippen molar-refractivity contribution in [2.24, 2.45) is 5.41 Å². The molecule has 5 nitrogen and oxygen atoms in total. The Morgan fingerprint density at radius 1 is 1.28 bits per heavy atom. The minimum atomic E-state index is -1.01. The normalized spacial score (nSPS) is 11.6. The summed E-state index contributed by atoms with van der Waals surface area (Å²) < 4.78 is 5.37. The van der Waals surface area contributed by atoms with Gasteiger partial charge in [-0.2, -0.15) is 0 Å². The van der Waals surface area contributed by atoms with E-state index in [1.165, 1.54) is 0 Å². The lowest BCUT2D eigenvalue weighted by atomic mass is 9.89. The standard InChI is InChI=1S/C13H25NO4/c1-10(2)18-8-6-5-7-14-11(15)9-13(3,4)12(16)17/h10H,5-9H2,1-4H3,(H,14,15)(H,16,17). The number of aliphatic carboxylic acids is 1. The summed E-state index contributed by atoms with van der Waals surface area (Å²) in [7, 11) is 0. The molecule has 0 aliphatic rings. The summed E-state index contributed by atoms with van der Waals surface area (Å²) in [6, 6.07) is 0. The molecule has 0 aliphatic heterocycles. The zero-order valence-corrected chi connectivity index (χ0v) is 11.8. The molecule has 0 unspecified atom stereocenters. The molecule has 1 amide bonds. The van der Waals surface area contributed by atoms with Crippen molar-refractivity contribution in [1.29, 1.82) is 0 Å². The van der Waals surface area contributed by atoms with Crippen LogP contribution in [0.2, 0.25) is 0 Å². The molecule has 0 aromatic rings. The molecule has 18 heavy (non-hydrogen) atoms. The van der Waals surface area contributed by atoms with Crippen molar-refractivity contribution in [3.63, 3.8) is 0 Å². The first-order valence-electron chi connectivity index (χ1n) is 6.37. The first kappa shape index (κ1) is 16.9. The lowest BCUT2D eigenvalue weighted by Gasteiger charge is -2.18. The van der Waals surface area contributed by atoms with Crippen molar-refractivity contribution in [3.8, 4) is 0 Å². The van der Waals surface area contributed by atoms with Gasteiger partial charge in [-0.3, -0.25) is 9.59 Å². The minimum Gasteiger partial charge on any atom is -0.481 e. The van der Waals surface area contributed by atoms with Gasteiger partial charge < -0.3 is 15.2 Å². The Balaban J connectivity index is 3.63. The summed E-state index contributed by atoms with van der Waals surface area (Å²) in [4.78, 5) is 22.3. The van der Waals surface area contributed by atoms with E-state index in [0.29, 0.717) is 13.2 Å². The fourth-order valence-electron chi connectivity index (χ4n) is 1.31. The van der Waals surface area contributed by atoms with Crippen LogP contribution in [-0.2, 0) is 14.3 Å². The summed E-state index contributed by atoms with van der Waals surface area (Å²) in [5.74, 6) is -1.17. The van der Waals surface area contributed by atoms with Gasteiger partial charge >= 0.3 is 5.97 Å². The van der Waals surface area contributed by atoms with Crippen molar-refractivity contribution in [1.82, 2.24) is 5.32 Å². The van der Waals surface area contributed by atoms with E-state index in [9.17, 15) is 9.59 Å². The Hall–Kier alpha value is -1.10. The Bertz CT molecular complexity index is 274. The van der Waals surface area contributed by atoms with Gasteiger partial charge in [0.25, 0.3) is 0 Å². The number of carbonyl (C=O) groups excluding carboxylic acids is 1. The second-order valence-electron chi connectivity index (χ2n) is 5.34. The summed E-state index contributed by atoms with van der Waals surface area (Å²) in [5, 5.41) is 11.6. The van der Waals surface area contributed by atoms with E-state index in [2.05, 4.69) is 5.32 Å². The van der Waals surface area contributed by atoms with E-state index in [0.717, 1.165) is 12.8 Å². The van der Waals surface area contributed by atoms with Gasteiger partial charge in [0.05, 0.1) is 11.5 Å². The van der Waals surface area contributed by atoms with Gasteiger partial charge in [0.2, 0.25) is 5.91 Å². The molecule has 0 radical (unpaired) electrons. The lowest BCUT2D eigenvalue weighted by Crippen LogP contribution is -2.33. The Morgan fingerprint density at radius 3 is 2.39 bits per heavy atom. The predicted molar refractivity (Wildman–Crippen MR) is 69.4 cm³/mol.